The van der Waals surface area contributed by atoms with Gasteiger partial charge in [0.2, 0.25) is 0 Å². The smallest absolute Gasteiger partial charge is 0.408 e. The quantitative estimate of drug-likeness (QED) is 0.243. The van der Waals surface area contributed by atoms with E-state index in [4.69, 9.17) is 9.15 Å². The molecule has 0 spiro atoms. The first-order valence-electron chi connectivity index (χ1n) is 12.2. The minimum atomic E-state index is -0.559. The lowest BCUT2D eigenvalue weighted by Gasteiger charge is -2.43. The lowest BCUT2D eigenvalue weighted by atomic mass is 9.71. The number of carbonyl (C=O) groups is 1. The zero-order valence-corrected chi connectivity index (χ0v) is 20.7. The molecule has 3 aromatic carbocycles. The fourth-order valence-electron chi connectivity index (χ4n) is 4.79. The monoisotopic (exact) mass is 482 g/mol. The lowest BCUT2D eigenvalue weighted by Crippen LogP contribution is -2.52. The summed E-state index contributed by atoms with van der Waals surface area (Å²) in [5.41, 5.74) is 3.10. The Kier molecular flexibility index (Phi) is 6.04. The average molecular weight is 483 g/mol. The minimum absolute atomic E-state index is 0.410. The van der Waals surface area contributed by atoms with Crippen LogP contribution >= 0.6 is 0 Å². The van der Waals surface area contributed by atoms with Crippen molar-refractivity contribution in [2.24, 2.45) is 5.16 Å². The molecule has 0 radical (unpaired) electrons. The summed E-state index contributed by atoms with van der Waals surface area (Å²) in [6.45, 7) is 5.58. The highest BCUT2D eigenvalue weighted by Crippen LogP contribution is 2.42. The van der Waals surface area contributed by atoms with Crippen LogP contribution < -0.4 is 10.7 Å². The molecule has 2 N–H and O–H groups in total. The summed E-state index contributed by atoms with van der Waals surface area (Å²) >= 11 is 0. The summed E-state index contributed by atoms with van der Waals surface area (Å²) in [4.78, 5) is 12.6. The van der Waals surface area contributed by atoms with Gasteiger partial charge in [0.05, 0.1) is 11.1 Å². The number of rotatable bonds is 4. The van der Waals surface area contributed by atoms with Gasteiger partial charge in [-0.1, -0.05) is 71.9 Å². The molecule has 5 rings (SSSR count). The molecule has 4 aromatic rings. The fourth-order valence-corrected chi connectivity index (χ4v) is 4.79. The van der Waals surface area contributed by atoms with E-state index in [1.807, 2.05) is 99.6 Å². The van der Waals surface area contributed by atoms with Gasteiger partial charge >= 0.3 is 6.09 Å². The number of nitrogens with zero attached hydrogens (tertiary/aromatic N) is 1. The van der Waals surface area contributed by atoms with Crippen LogP contribution in [0.15, 0.2) is 88.4 Å². The van der Waals surface area contributed by atoms with Crippen molar-refractivity contribution in [1.82, 2.24) is 5.32 Å². The largest absolute Gasteiger partial charge is 0.455 e. The van der Waals surface area contributed by atoms with E-state index in [-0.39, 0.29) is 0 Å². The summed E-state index contributed by atoms with van der Waals surface area (Å²) in [6.07, 6.45) is 2.33. The van der Waals surface area contributed by atoms with E-state index in [2.05, 4.69) is 10.5 Å². The first-order valence-corrected chi connectivity index (χ1v) is 12.2. The van der Waals surface area contributed by atoms with Gasteiger partial charge in [0, 0.05) is 10.9 Å². The van der Waals surface area contributed by atoms with Crippen LogP contribution in [-0.2, 0) is 10.3 Å². The van der Waals surface area contributed by atoms with E-state index in [1.165, 1.54) is 0 Å². The minimum Gasteiger partial charge on any atom is -0.455 e. The third-order valence-corrected chi connectivity index (χ3v) is 6.63. The molecule has 1 aliphatic carbocycles. The Hall–Kier alpha value is -4.06. The fraction of sp³-hybridized carbons (Fsp3) is 0.267. The highest BCUT2D eigenvalue weighted by Gasteiger charge is 2.41. The van der Waals surface area contributed by atoms with Crippen molar-refractivity contribution in [3.63, 3.8) is 0 Å². The third-order valence-electron chi connectivity index (χ3n) is 6.63. The van der Waals surface area contributed by atoms with Crippen molar-refractivity contribution in [2.45, 2.75) is 51.2 Å². The van der Waals surface area contributed by atoms with Gasteiger partial charge in [-0.15, -0.1) is 0 Å². The van der Waals surface area contributed by atoms with Crippen LogP contribution in [0.25, 0.3) is 33.4 Å². The Balaban J connectivity index is 1.59. The zero-order chi connectivity index (χ0) is 25.3. The molecule has 36 heavy (non-hydrogen) atoms. The van der Waals surface area contributed by atoms with Crippen molar-refractivity contribution >= 4 is 17.1 Å². The van der Waals surface area contributed by atoms with Gasteiger partial charge in [-0.3, -0.25) is 0 Å². The van der Waals surface area contributed by atoms with Crippen molar-refractivity contribution in [2.75, 3.05) is 0 Å². The molecular weight excluding hydrogens is 452 g/mol. The first-order chi connectivity index (χ1) is 17.3. The maximum atomic E-state index is 12.6. The number of alkyl carbamates (subject to hydrolysis) is 1. The molecule has 1 amide bonds. The number of benzene rings is 3. The Labute approximate surface area is 210 Å². The number of ether oxygens (including phenoxy) is 1. The summed E-state index contributed by atoms with van der Waals surface area (Å²) < 4.78 is 11.9. The topological polar surface area (TPSA) is 84.1 Å². The molecule has 0 bridgehead atoms. The summed E-state index contributed by atoms with van der Waals surface area (Å²) in [6, 6.07) is 25.4. The van der Waals surface area contributed by atoms with Crippen LogP contribution in [0.1, 0.15) is 45.6 Å². The van der Waals surface area contributed by atoms with Crippen LogP contribution in [0.2, 0.25) is 0 Å². The van der Waals surface area contributed by atoms with Gasteiger partial charge in [0.15, 0.2) is 0 Å². The van der Waals surface area contributed by atoms with Crippen LogP contribution in [0.4, 0.5) is 4.79 Å². The van der Waals surface area contributed by atoms with Gasteiger partial charge in [-0.2, -0.15) is 0 Å². The zero-order valence-electron chi connectivity index (χ0n) is 20.7. The lowest BCUT2D eigenvalue weighted by molar-refractivity contribution is 0.0377. The highest BCUT2D eigenvalue weighted by molar-refractivity contribution is 5.88. The molecule has 1 fully saturated rings. The summed E-state index contributed by atoms with van der Waals surface area (Å²) in [5.74, 6) is 0.625. The molecule has 0 saturated heterocycles. The normalized spacial score (nSPS) is 15.4. The van der Waals surface area contributed by atoms with E-state index in [9.17, 15) is 10.0 Å². The van der Waals surface area contributed by atoms with Gasteiger partial charge in [0.25, 0.3) is 0 Å². The maximum absolute atomic E-state index is 12.6. The molecule has 1 aliphatic rings. The Morgan fingerprint density at radius 3 is 2.22 bits per heavy atom. The maximum Gasteiger partial charge on any atom is 0.408 e. The van der Waals surface area contributed by atoms with E-state index in [1.54, 1.807) is 0 Å². The SMILES string of the molecule is CC(C)(C)OC(=O)NC1(c2ccc(-c3c(-c4ccccc4)oc4ccccc4/c3=N/O)cc2)CCC1. The average Bonchev–Trinajstić information content (AvgIpc) is 2.84. The molecule has 1 saturated carbocycles. The second kappa shape index (κ2) is 9.19. The predicted octanol–water partition coefficient (Wildman–Crippen LogP) is 6.96. The predicted molar refractivity (Wildman–Crippen MR) is 139 cm³/mol. The molecule has 1 heterocycles. The molecule has 0 atom stereocenters. The van der Waals surface area contributed by atoms with Crippen LogP contribution in [-0.4, -0.2) is 16.9 Å². The van der Waals surface area contributed by atoms with Crippen LogP contribution in [0.5, 0.6) is 0 Å². The van der Waals surface area contributed by atoms with E-state index >= 15 is 0 Å². The molecule has 0 aliphatic heterocycles. The van der Waals surface area contributed by atoms with Crippen LogP contribution in [0, 0.1) is 0 Å². The molecule has 184 valence electrons. The first kappa shape index (κ1) is 23.7. The van der Waals surface area contributed by atoms with Gasteiger partial charge < -0.3 is 19.7 Å². The third kappa shape index (κ3) is 4.47. The van der Waals surface area contributed by atoms with Gasteiger partial charge in [-0.25, -0.2) is 4.79 Å². The second-order valence-corrected chi connectivity index (χ2v) is 10.3. The molecule has 6 heteroatoms. The highest BCUT2D eigenvalue weighted by atomic mass is 16.6. The Morgan fingerprint density at radius 2 is 1.61 bits per heavy atom. The number of fused-ring (bicyclic) bond motifs is 1. The Bertz CT molecular complexity index is 1460. The number of amides is 1. The van der Waals surface area contributed by atoms with Gasteiger partial charge in [-0.05, 0) is 63.3 Å². The molecular formula is C30H30N2O4. The summed E-state index contributed by atoms with van der Waals surface area (Å²) in [5, 5.41) is 18.1. The Morgan fingerprint density at radius 1 is 0.944 bits per heavy atom. The van der Waals surface area contributed by atoms with Crippen LogP contribution in [0.3, 0.4) is 0 Å². The number of hydrogen-bond donors (Lipinski definition) is 2. The summed E-state index contributed by atoms with van der Waals surface area (Å²) in [7, 11) is 0. The number of carbonyl (C=O) groups excluding carboxylic acids is 1. The van der Waals surface area contributed by atoms with Crippen molar-refractivity contribution in [3.8, 4) is 22.5 Å². The van der Waals surface area contributed by atoms with Crippen molar-refractivity contribution in [1.29, 1.82) is 0 Å². The number of para-hydroxylation sites is 1. The molecule has 1 aromatic heterocycles. The number of hydrogen-bond acceptors (Lipinski definition) is 5. The second-order valence-electron chi connectivity index (χ2n) is 10.3. The van der Waals surface area contributed by atoms with Gasteiger partial charge in [0.1, 0.15) is 22.3 Å². The number of nitrogens with one attached hydrogen (secondary N) is 1. The molecule has 6 nitrogen and oxygen atoms in total. The van der Waals surface area contributed by atoms with Crippen molar-refractivity contribution < 1.29 is 19.2 Å². The van der Waals surface area contributed by atoms with E-state index < -0.39 is 17.2 Å². The van der Waals surface area contributed by atoms with Crippen molar-refractivity contribution in [3.05, 3.63) is 89.8 Å². The van der Waals surface area contributed by atoms with E-state index in [0.717, 1.165) is 41.3 Å². The molecule has 0 unspecified atom stereocenters. The van der Waals surface area contributed by atoms with E-state index in [0.29, 0.717) is 22.3 Å². The standard InChI is InChI=1S/C30H30N2O4/c1-29(2,3)36-28(33)31-30(18-9-19-30)22-16-14-20(15-17-22)25-26(32-34)23-12-7-8-13-24(23)35-27(25)21-10-5-4-6-11-21/h4-8,10-17,34H,9,18-19H2,1-3H3,(H,31,33)/b32-26-.